The van der Waals surface area contributed by atoms with Crippen LogP contribution in [0.1, 0.15) is 5.56 Å². The van der Waals surface area contributed by atoms with Gasteiger partial charge in [0.05, 0.1) is 0 Å². The number of halogens is 1. The van der Waals surface area contributed by atoms with Gasteiger partial charge >= 0.3 is 0 Å². The number of benzene rings is 2. The molecule has 0 bridgehead atoms. The zero-order valence-corrected chi connectivity index (χ0v) is 10.6. The van der Waals surface area contributed by atoms with Gasteiger partial charge in [0, 0.05) is 16.9 Å². The van der Waals surface area contributed by atoms with Crippen LogP contribution in [0.25, 0.3) is 0 Å². The van der Waals surface area contributed by atoms with Gasteiger partial charge in [-0.1, -0.05) is 54.1 Å². The molecule has 4 N–H and O–H groups in total. The Hall–Kier alpha value is -1.36. The van der Waals surface area contributed by atoms with Gasteiger partial charge in [-0.25, -0.2) is 0 Å². The predicted molar refractivity (Wildman–Crippen MR) is 73.6 cm³/mol. The Balaban J connectivity index is 0. The van der Waals surface area contributed by atoms with Crippen molar-refractivity contribution in [1.82, 2.24) is 6.15 Å². The van der Waals surface area contributed by atoms with Crippen LogP contribution >= 0.6 is 12.0 Å². The van der Waals surface area contributed by atoms with Gasteiger partial charge in [0.1, 0.15) is 0 Å². The Morgan fingerprint density at radius 3 is 1.47 bits per heavy atom. The van der Waals surface area contributed by atoms with Crippen molar-refractivity contribution in [3.05, 3.63) is 66.2 Å². The van der Waals surface area contributed by atoms with Crippen molar-refractivity contribution in [1.29, 1.82) is 0 Å². The summed E-state index contributed by atoms with van der Waals surface area (Å²) in [7, 11) is 0. The van der Waals surface area contributed by atoms with Crippen LogP contribution in [0.15, 0.2) is 65.6 Å². The third-order valence-corrected chi connectivity index (χ3v) is 2.27. The average Bonchev–Trinajstić information content (AvgIpc) is 2.32. The highest BCUT2D eigenvalue weighted by molar-refractivity contribution is 7.93. The molecular weight excluding hydrogens is 237 g/mol. The number of aryl methyl sites for hydroxylation is 1. The summed E-state index contributed by atoms with van der Waals surface area (Å²) in [6, 6.07) is 19.7. The lowest BCUT2D eigenvalue weighted by atomic mass is 10.2. The van der Waals surface area contributed by atoms with Crippen molar-refractivity contribution in [2.75, 3.05) is 0 Å². The van der Waals surface area contributed by atoms with Crippen LogP contribution in [0.4, 0.5) is 4.70 Å². The zero-order valence-electron chi connectivity index (χ0n) is 9.74. The van der Waals surface area contributed by atoms with Crippen LogP contribution in [0.3, 0.4) is 0 Å². The van der Waals surface area contributed by atoms with Gasteiger partial charge in [-0.2, -0.15) is 0 Å². The summed E-state index contributed by atoms with van der Waals surface area (Å²) in [5.41, 5.74) is 1.32. The largest absolute Gasteiger partial charge is 0.344 e. The summed E-state index contributed by atoms with van der Waals surface area (Å²) in [5, 5.41) is 0. The van der Waals surface area contributed by atoms with Crippen molar-refractivity contribution in [2.24, 2.45) is 0 Å². The standard InChI is InChI=1S/C7H8.C6H6OS.FH.H3N/c1-7-5-3-2-4-6-7;7-8-6-4-2-1-3-5-6;;/h2-6H,1H3;1-5,7H;1H;1H3. The van der Waals surface area contributed by atoms with Crippen molar-refractivity contribution in [3.63, 3.8) is 0 Å². The maximum Gasteiger partial charge on any atom is 0.0350 e. The van der Waals surface area contributed by atoms with E-state index in [9.17, 15) is 0 Å². The van der Waals surface area contributed by atoms with E-state index in [2.05, 4.69) is 19.1 Å². The molecule has 0 aliphatic heterocycles. The van der Waals surface area contributed by atoms with Gasteiger partial charge in [0.2, 0.25) is 0 Å². The molecule has 0 spiro atoms. The van der Waals surface area contributed by atoms with Gasteiger partial charge in [0.15, 0.2) is 0 Å². The Morgan fingerprint density at radius 2 is 1.24 bits per heavy atom. The van der Waals surface area contributed by atoms with Crippen LogP contribution in [0.2, 0.25) is 0 Å². The molecule has 4 heteroatoms. The fraction of sp³-hybridized carbons (Fsp3) is 0.0769. The van der Waals surface area contributed by atoms with E-state index in [1.54, 1.807) is 0 Å². The number of hydrogen-bond donors (Lipinski definition) is 2. The third-order valence-electron chi connectivity index (χ3n) is 1.79. The Bertz CT molecular complexity index is 370. The quantitative estimate of drug-likeness (QED) is 0.734. The molecule has 0 saturated heterocycles. The van der Waals surface area contributed by atoms with Crippen molar-refractivity contribution >= 4 is 12.0 Å². The fourth-order valence-electron chi connectivity index (χ4n) is 1.02. The molecule has 2 nitrogen and oxygen atoms in total. The normalized spacial score (nSPS) is 7.88. The lowest BCUT2D eigenvalue weighted by Crippen LogP contribution is -1.63. The lowest BCUT2D eigenvalue weighted by Gasteiger charge is -1.87. The minimum absolute atomic E-state index is 0. The smallest absolute Gasteiger partial charge is 0.0350 e. The van der Waals surface area contributed by atoms with Crippen molar-refractivity contribution in [2.45, 2.75) is 11.8 Å². The minimum atomic E-state index is 0. The van der Waals surface area contributed by atoms with E-state index in [0.717, 1.165) is 16.9 Å². The van der Waals surface area contributed by atoms with E-state index in [1.165, 1.54) is 5.56 Å². The molecule has 2 rings (SSSR count). The van der Waals surface area contributed by atoms with E-state index in [1.807, 2.05) is 48.5 Å². The van der Waals surface area contributed by atoms with E-state index < -0.39 is 0 Å². The molecule has 94 valence electrons. The Morgan fingerprint density at radius 1 is 0.824 bits per heavy atom. The molecular formula is C13H18FNOS. The Labute approximate surface area is 106 Å². The first-order chi connectivity index (χ1) is 7.33. The fourth-order valence-corrected chi connectivity index (χ4v) is 1.29. The molecule has 2 aromatic carbocycles. The second-order valence-corrected chi connectivity index (χ2v) is 3.71. The van der Waals surface area contributed by atoms with E-state index >= 15 is 0 Å². The van der Waals surface area contributed by atoms with Crippen molar-refractivity contribution < 1.29 is 9.26 Å². The third kappa shape index (κ3) is 8.45. The maximum atomic E-state index is 8.45. The van der Waals surface area contributed by atoms with Crippen molar-refractivity contribution in [3.8, 4) is 0 Å². The second-order valence-electron chi connectivity index (χ2n) is 3.06. The monoisotopic (exact) mass is 255 g/mol. The van der Waals surface area contributed by atoms with E-state index in [0.29, 0.717) is 0 Å². The summed E-state index contributed by atoms with van der Waals surface area (Å²) in [5.74, 6) is 0. The SMILES string of the molecule is Cc1ccccc1.F.N.OSc1ccccc1. The molecule has 0 saturated carbocycles. The number of rotatable bonds is 1. The molecule has 0 amide bonds. The van der Waals surface area contributed by atoms with E-state index in [4.69, 9.17) is 4.55 Å². The molecule has 0 atom stereocenters. The van der Waals surface area contributed by atoms with Crippen LogP contribution in [0.5, 0.6) is 0 Å². The summed E-state index contributed by atoms with van der Waals surface area (Å²) in [6.45, 7) is 2.08. The van der Waals surface area contributed by atoms with E-state index in [-0.39, 0.29) is 10.9 Å². The lowest BCUT2D eigenvalue weighted by molar-refractivity contribution is 0.664. The average molecular weight is 255 g/mol. The van der Waals surface area contributed by atoms with Gasteiger partial charge < -0.3 is 10.7 Å². The van der Waals surface area contributed by atoms with Gasteiger partial charge in [0.25, 0.3) is 0 Å². The highest BCUT2D eigenvalue weighted by Crippen LogP contribution is 2.10. The zero-order chi connectivity index (χ0) is 10.9. The minimum Gasteiger partial charge on any atom is -0.344 e. The highest BCUT2D eigenvalue weighted by Gasteiger charge is 1.82. The Kier molecular flexibility index (Phi) is 11.8. The molecule has 0 aliphatic carbocycles. The summed E-state index contributed by atoms with van der Waals surface area (Å²) >= 11 is 0.769. The summed E-state index contributed by atoms with van der Waals surface area (Å²) < 4.78 is 8.45. The topological polar surface area (TPSA) is 55.2 Å². The van der Waals surface area contributed by atoms with Gasteiger partial charge in [-0.05, 0) is 19.1 Å². The van der Waals surface area contributed by atoms with Gasteiger partial charge in [-0.15, -0.1) is 0 Å². The number of hydrogen-bond acceptors (Lipinski definition) is 3. The predicted octanol–water partition coefficient (Wildman–Crippen LogP) is 4.56. The molecule has 0 fully saturated rings. The summed E-state index contributed by atoms with van der Waals surface area (Å²) in [6.07, 6.45) is 0. The van der Waals surface area contributed by atoms with Crippen LogP contribution in [0, 0.1) is 6.92 Å². The first-order valence-electron chi connectivity index (χ1n) is 4.71. The molecule has 2 aromatic rings. The molecule has 0 heterocycles. The first kappa shape index (κ1) is 18.0. The van der Waals surface area contributed by atoms with Gasteiger partial charge in [-0.3, -0.25) is 4.70 Å². The summed E-state index contributed by atoms with van der Waals surface area (Å²) in [4.78, 5) is 0.882. The molecule has 0 unspecified atom stereocenters. The van der Waals surface area contributed by atoms with Crippen LogP contribution < -0.4 is 6.15 Å². The van der Waals surface area contributed by atoms with Crippen LogP contribution in [-0.4, -0.2) is 4.55 Å². The highest BCUT2D eigenvalue weighted by atomic mass is 32.2. The molecule has 0 aromatic heterocycles. The molecule has 0 aliphatic rings. The van der Waals surface area contributed by atoms with Crippen LogP contribution in [-0.2, 0) is 0 Å². The first-order valence-corrected chi connectivity index (χ1v) is 5.48. The molecule has 17 heavy (non-hydrogen) atoms. The second kappa shape index (κ2) is 11.1. The molecule has 0 radical (unpaired) electrons. The maximum absolute atomic E-state index is 8.45.